The normalized spacial score (nSPS) is 14.9. The van der Waals surface area contributed by atoms with E-state index in [0.29, 0.717) is 5.01 Å². The van der Waals surface area contributed by atoms with Crippen molar-refractivity contribution in [2.75, 3.05) is 0 Å². The fourth-order valence-corrected chi connectivity index (χ4v) is 2.44. The van der Waals surface area contributed by atoms with E-state index in [2.05, 4.69) is 4.98 Å². The average Bonchev–Trinajstić information content (AvgIpc) is 2.82. The Balaban J connectivity index is 2.18. The van der Waals surface area contributed by atoms with Gasteiger partial charge in [-0.1, -0.05) is 29.8 Å². The van der Waals surface area contributed by atoms with E-state index in [1.165, 1.54) is 12.1 Å². The SMILES string of the molecule is Cc1ccc(-c2nc(C3=CC(=O)N(N)C3=O)ccc2C(F)(F)F)cc1. The van der Waals surface area contributed by atoms with Crippen LogP contribution in [0.5, 0.6) is 0 Å². The number of hydrogen-bond donors (Lipinski definition) is 1. The summed E-state index contributed by atoms with van der Waals surface area (Å²) in [7, 11) is 0. The second-order valence-electron chi connectivity index (χ2n) is 5.53. The fourth-order valence-electron chi connectivity index (χ4n) is 2.44. The second kappa shape index (κ2) is 5.82. The minimum Gasteiger partial charge on any atom is -0.268 e. The number of nitrogens with zero attached hydrogens (tertiary/aromatic N) is 2. The van der Waals surface area contributed by atoms with Crippen molar-refractivity contribution in [3.8, 4) is 11.3 Å². The first-order chi connectivity index (χ1) is 11.7. The number of alkyl halides is 3. The number of hydrogen-bond acceptors (Lipinski definition) is 4. The summed E-state index contributed by atoms with van der Waals surface area (Å²) in [5.41, 5.74) is -0.304. The summed E-state index contributed by atoms with van der Waals surface area (Å²) in [6, 6.07) is 8.25. The Morgan fingerprint density at radius 1 is 1.04 bits per heavy atom. The average molecular weight is 347 g/mol. The molecule has 0 unspecified atom stereocenters. The molecule has 128 valence electrons. The van der Waals surface area contributed by atoms with E-state index in [4.69, 9.17) is 5.84 Å². The van der Waals surface area contributed by atoms with Crippen LogP contribution in [0.15, 0.2) is 42.5 Å². The molecule has 5 nitrogen and oxygen atoms in total. The van der Waals surface area contributed by atoms with Gasteiger partial charge in [-0.25, -0.2) is 15.8 Å². The van der Waals surface area contributed by atoms with Gasteiger partial charge in [0.2, 0.25) is 0 Å². The maximum absolute atomic E-state index is 13.3. The molecule has 2 aromatic rings. The smallest absolute Gasteiger partial charge is 0.268 e. The van der Waals surface area contributed by atoms with E-state index in [0.717, 1.165) is 23.8 Å². The molecule has 2 N–H and O–H groups in total. The largest absolute Gasteiger partial charge is 0.418 e. The molecular formula is C17H12F3N3O2. The molecular weight excluding hydrogens is 335 g/mol. The summed E-state index contributed by atoms with van der Waals surface area (Å²) in [4.78, 5) is 27.4. The minimum absolute atomic E-state index is 0.0464. The van der Waals surface area contributed by atoms with Gasteiger partial charge in [-0.3, -0.25) is 9.59 Å². The van der Waals surface area contributed by atoms with Crippen LogP contribution in [0, 0.1) is 6.92 Å². The molecule has 0 fully saturated rings. The van der Waals surface area contributed by atoms with E-state index in [9.17, 15) is 22.8 Å². The zero-order chi connectivity index (χ0) is 18.4. The van der Waals surface area contributed by atoms with Gasteiger partial charge in [0.15, 0.2) is 0 Å². The molecule has 1 aliphatic heterocycles. The molecule has 0 radical (unpaired) electrons. The van der Waals surface area contributed by atoms with Crippen LogP contribution in [0.3, 0.4) is 0 Å². The van der Waals surface area contributed by atoms with Crippen LogP contribution in [0.1, 0.15) is 16.8 Å². The van der Waals surface area contributed by atoms with Gasteiger partial charge in [-0.15, -0.1) is 0 Å². The molecule has 8 heteroatoms. The predicted molar refractivity (Wildman–Crippen MR) is 83.4 cm³/mol. The first kappa shape index (κ1) is 16.8. The van der Waals surface area contributed by atoms with Crippen molar-refractivity contribution >= 4 is 17.4 Å². The van der Waals surface area contributed by atoms with Gasteiger partial charge in [-0.2, -0.15) is 13.2 Å². The third kappa shape index (κ3) is 3.03. The number of aromatic nitrogens is 1. The van der Waals surface area contributed by atoms with Crippen molar-refractivity contribution in [1.29, 1.82) is 0 Å². The van der Waals surface area contributed by atoms with Crippen LogP contribution in [0.4, 0.5) is 13.2 Å². The van der Waals surface area contributed by atoms with E-state index >= 15 is 0 Å². The summed E-state index contributed by atoms with van der Waals surface area (Å²) in [6.45, 7) is 1.81. The number of aryl methyl sites for hydroxylation is 1. The molecule has 0 saturated carbocycles. The number of halogens is 3. The van der Waals surface area contributed by atoms with Crippen LogP contribution >= 0.6 is 0 Å². The van der Waals surface area contributed by atoms with Crippen molar-refractivity contribution in [3.05, 3.63) is 59.3 Å². The number of hydrazine groups is 1. The van der Waals surface area contributed by atoms with Crippen LogP contribution in [0.25, 0.3) is 16.8 Å². The van der Waals surface area contributed by atoms with Crippen molar-refractivity contribution in [2.24, 2.45) is 5.84 Å². The molecule has 1 aromatic heterocycles. The summed E-state index contributed by atoms with van der Waals surface area (Å²) in [6.07, 6.45) is -3.66. The monoisotopic (exact) mass is 347 g/mol. The predicted octanol–water partition coefficient (Wildman–Crippen LogP) is 2.70. The van der Waals surface area contributed by atoms with E-state index < -0.39 is 23.6 Å². The highest BCUT2D eigenvalue weighted by Gasteiger charge is 2.36. The fraction of sp³-hybridized carbons (Fsp3) is 0.118. The lowest BCUT2D eigenvalue weighted by atomic mass is 10.0. The molecule has 2 heterocycles. The van der Waals surface area contributed by atoms with Gasteiger partial charge in [0.05, 0.1) is 22.5 Å². The first-order valence-electron chi connectivity index (χ1n) is 7.19. The number of carbonyl (C=O) groups excluding carboxylic acids is 2. The molecule has 0 atom stereocenters. The molecule has 1 aliphatic rings. The number of nitrogens with two attached hydrogens (primary N) is 1. The highest BCUT2D eigenvalue weighted by atomic mass is 19.4. The number of imide groups is 1. The number of pyridine rings is 1. The van der Waals surface area contributed by atoms with Gasteiger partial charge in [0.1, 0.15) is 0 Å². The zero-order valence-electron chi connectivity index (χ0n) is 13.0. The Hall–Kier alpha value is -3.00. The third-order valence-electron chi connectivity index (χ3n) is 3.76. The van der Waals surface area contributed by atoms with Gasteiger partial charge in [0, 0.05) is 11.6 Å². The molecule has 0 saturated heterocycles. The Bertz CT molecular complexity index is 902. The van der Waals surface area contributed by atoms with Gasteiger partial charge in [0.25, 0.3) is 11.8 Å². The summed E-state index contributed by atoms with van der Waals surface area (Å²) in [5, 5.41) is 0.389. The number of amides is 2. The minimum atomic E-state index is -4.62. The zero-order valence-corrected chi connectivity index (χ0v) is 13.0. The van der Waals surface area contributed by atoms with Gasteiger partial charge in [-0.05, 0) is 19.1 Å². The highest BCUT2D eigenvalue weighted by Crippen LogP contribution is 2.37. The molecule has 3 rings (SSSR count). The summed E-state index contributed by atoms with van der Waals surface area (Å²) in [5.74, 6) is 3.72. The van der Waals surface area contributed by atoms with Gasteiger partial charge >= 0.3 is 6.18 Å². The van der Waals surface area contributed by atoms with Crippen LogP contribution < -0.4 is 5.84 Å². The van der Waals surface area contributed by atoms with E-state index in [-0.39, 0.29) is 22.5 Å². The molecule has 1 aromatic carbocycles. The summed E-state index contributed by atoms with van der Waals surface area (Å²) < 4.78 is 40.0. The van der Waals surface area contributed by atoms with Gasteiger partial charge < -0.3 is 0 Å². The highest BCUT2D eigenvalue weighted by molar-refractivity contribution is 6.32. The van der Waals surface area contributed by atoms with Crippen molar-refractivity contribution in [1.82, 2.24) is 9.99 Å². The third-order valence-corrected chi connectivity index (χ3v) is 3.76. The maximum atomic E-state index is 13.3. The van der Waals surface area contributed by atoms with Crippen molar-refractivity contribution in [3.63, 3.8) is 0 Å². The lowest BCUT2D eigenvalue weighted by Crippen LogP contribution is -2.37. The Morgan fingerprint density at radius 3 is 2.20 bits per heavy atom. The summed E-state index contributed by atoms with van der Waals surface area (Å²) >= 11 is 0. The number of carbonyl (C=O) groups is 2. The quantitative estimate of drug-likeness (QED) is 0.515. The topological polar surface area (TPSA) is 76.3 Å². The lowest BCUT2D eigenvalue weighted by Gasteiger charge is -2.14. The lowest BCUT2D eigenvalue weighted by molar-refractivity contribution is -0.138. The molecule has 0 spiro atoms. The molecule has 0 bridgehead atoms. The standard InChI is InChI=1S/C17H12F3N3O2/c1-9-2-4-10(5-3-9)15-12(17(18,19)20)6-7-13(22-15)11-8-14(24)23(21)16(11)25/h2-8H,21H2,1H3. The first-order valence-corrected chi connectivity index (χ1v) is 7.19. The van der Waals surface area contributed by atoms with Crippen molar-refractivity contribution in [2.45, 2.75) is 13.1 Å². The van der Waals surface area contributed by atoms with Crippen LogP contribution in [0.2, 0.25) is 0 Å². The van der Waals surface area contributed by atoms with E-state index in [1.54, 1.807) is 12.1 Å². The Kier molecular flexibility index (Phi) is 3.92. The number of rotatable bonds is 2. The Morgan fingerprint density at radius 2 is 1.68 bits per heavy atom. The van der Waals surface area contributed by atoms with Crippen LogP contribution in [-0.4, -0.2) is 21.8 Å². The van der Waals surface area contributed by atoms with Crippen LogP contribution in [-0.2, 0) is 15.8 Å². The molecule has 25 heavy (non-hydrogen) atoms. The molecule has 2 amide bonds. The molecule has 0 aliphatic carbocycles. The van der Waals surface area contributed by atoms with Crippen molar-refractivity contribution < 1.29 is 22.8 Å². The van der Waals surface area contributed by atoms with E-state index in [1.807, 2.05) is 6.92 Å². The second-order valence-corrected chi connectivity index (χ2v) is 5.53. The maximum Gasteiger partial charge on any atom is 0.418 e. The Labute approximate surface area is 140 Å². The number of benzene rings is 1.